The fourth-order valence-corrected chi connectivity index (χ4v) is 1.59. The molecule has 0 saturated carbocycles. The van der Waals surface area contributed by atoms with Crippen LogP contribution in [0.5, 0.6) is 0 Å². The van der Waals surface area contributed by atoms with Crippen molar-refractivity contribution in [2.75, 3.05) is 0 Å². The molecule has 0 amide bonds. The van der Waals surface area contributed by atoms with Crippen LogP contribution in [0.25, 0.3) is 5.69 Å². The topological polar surface area (TPSA) is 42.7 Å². The largest absolute Gasteiger partial charge is 0.306 e. The van der Waals surface area contributed by atoms with E-state index in [4.69, 9.17) is 0 Å². The summed E-state index contributed by atoms with van der Waals surface area (Å²) in [6.07, 6.45) is 1.81. The lowest BCUT2D eigenvalue weighted by molar-refractivity contribution is 0.421. The maximum atomic E-state index is 13.5. The smallest absolute Gasteiger partial charge is 0.128 e. The van der Waals surface area contributed by atoms with Gasteiger partial charge >= 0.3 is 0 Å². The van der Waals surface area contributed by atoms with Crippen LogP contribution in [0.3, 0.4) is 0 Å². The maximum absolute atomic E-state index is 13.5. The van der Waals surface area contributed by atoms with Crippen LogP contribution in [-0.2, 0) is 6.54 Å². The molecule has 1 aromatic heterocycles. The third-order valence-corrected chi connectivity index (χ3v) is 2.76. The second kappa shape index (κ2) is 5.09. The van der Waals surface area contributed by atoms with Crippen LogP contribution in [0.2, 0.25) is 0 Å². The number of halogens is 1. The van der Waals surface area contributed by atoms with Crippen LogP contribution in [0.1, 0.15) is 32.0 Å². The standard InChI is InChI=1S/C14H19FN4/c1-10-5-6-12(7-13(10)15)19-9-11(17-18-19)8-16-14(2,3)4/h5-7,9,16H,8H2,1-4H3. The van der Waals surface area contributed by atoms with Crippen molar-refractivity contribution in [2.24, 2.45) is 0 Å². The van der Waals surface area contributed by atoms with Crippen molar-refractivity contribution in [1.82, 2.24) is 20.3 Å². The highest BCUT2D eigenvalue weighted by atomic mass is 19.1. The highest BCUT2D eigenvalue weighted by molar-refractivity contribution is 5.34. The van der Waals surface area contributed by atoms with Crippen molar-refractivity contribution >= 4 is 0 Å². The summed E-state index contributed by atoms with van der Waals surface area (Å²) in [6.45, 7) is 8.64. The normalized spacial score (nSPS) is 11.8. The van der Waals surface area contributed by atoms with Gasteiger partial charge in [0, 0.05) is 12.1 Å². The number of hydrogen-bond acceptors (Lipinski definition) is 3. The second-order valence-electron chi connectivity index (χ2n) is 5.69. The molecular formula is C14H19FN4. The predicted octanol–water partition coefficient (Wildman–Crippen LogP) is 2.60. The number of hydrogen-bond donors (Lipinski definition) is 1. The Labute approximate surface area is 112 Å². The van der Waals surface area contributed by atoms with E-state index in [0.29, 0.717) is 17.8 Å². The molecule has 0 radical (unpaired) electrons. The van der Waals surface area contributed by atoms with Gasteiger partial charge in [-0.3, -0.25) is 0 Å². The minimum absolute atomic E-state index is 0.0275. The molecule has 0 bridgehead atoms. The molecule has 102 valence electrons. The van der Waals surface area contributed by atoms with Crippen LogP contribution in [0.4, 0.5) is 4.39 Å². The van der Waals surface area contributed by atoms with E-state index in [9.17, 15) is 4.39 Å². The van der Waals surface area contributed by atoms with E-state index in [2.05, 4.69) is 36.4 Å². The number of nitrogens with one attached hydrogen (secondary N) is 1. The molecule has 0 atom stereocenters. The third-order valence-electron chi connectivity index (χ3n) is 2.76. The van der Waals surface area contributed by atoms with Crippen molar-refractivity contribution in [3.8, 4) is 5.69 Å². The van der Waals surface area contributed by atoms with Crippen LogP contribution in [0.15, 0.2) is 24.4 Å². The molecule has 1 aromatic carbocycles. The lowest BCUT2D eigenvalue weighted by Crippen LogP contribution is -2.35. The zero-order valence-corrected chi connectivity index (χ0v) is 11.7. The van der Waals surface area contributed by atoms with Gasteiger partial charge in [-0.25, -0.2) is 9.07 Å². The summed E-state index contributed by atoms with van der Waals surface area (Å²) < 4.78 is 15.1. The van der Waals surface area contributed by atoms with Crippen LogP contribution in [-0.4, -0.2) is 20.5 Å². The number of rotatable bonds is 3. The molecular weight excluding hydrogens is 243 g/mol. The average Bonchev–Trinajstić information content (AvgIpc) is 2.78. The van der Waals surface area contributed by atoms with Crippen molar-refractivity contribution in [3.63, 3.8) is 0 Å². The first-order valence-corrected chi connectivity index (χ1v) is 6.28. The Morgan fingerprint density at radius 3 is 2.68 bits per heavy atom. The summed E-state index contributed by atoms with van der Waals surface area (Å²) in [5.41, 5.74) is 2.16. The molecule has 0 aliphatic rings. The van der Waals surface area contributed by atoms with Crippen LogP contribution >= 0.6 is 0 Å². The molecule has 0 saturated heterocycles. The molecule has 1 N–H and O–H groups in total. The van der Waals surface area contributed by atoms with E-state index >= 15 is 0 Å². The number of benzene rings is 1. The fraction of sp³-hybridized carbons (Fsp3) is 0.429. The zero-order chi connectivity index (χ0) is 14.0. The Balaban J connectivity index is 2.14. The van der Waals surface area contributed by atoms with E-state index in [0.717, 1.165) is 5.69 Å². The first-order chi connectivity index (χ1) is 8.85. The lowest BCUT2D eigenvalue weighted by Gasteiger charge is -2.19. The van der Waals surface area contributed by atoms with Gasteiger partial charge in [0.05, 0.1) is 17.6 Å². The van der Waals surface area contributed by atoms with Gasteiger partial charge < -0.3 is 5.32 Å². The minimum atomic E-state index is -0.234. The second-order valence-corrected chi connectivity index (χ2v) is 5.69. The van der Waals surface area contributed by atoms with Gasteiger partial charge in [0.2, 0.25) is 0 Å². The molecule has 1 heterocycles. The SMILES string of the molecule is Cc1ccc(-n2cc(CNC(C)(C)C)nn2)cc1F. The Bertz CT molecular complexity index is 569. The van der Waals surface area contributed by atoms with Gasteiger partial charge in [-0.15, -0.1) is 5.10 Å². The van der Waals surface area contributed by atoms with E-state index in [1.807, 2.05) is 12.3 Å². The molecule has 0 aliphatic heterocycles. The first kappa shape index (κ1) is 13.7. The van der Waals surface area contributed by atoms with E-state index in [1.54, 1.807) is 17.7 Å². The quantitative estimate of drug-likeness (QED) is 0.924. The summed E-state index contributed by atoms with van der Waals surface area (Å²) in [4.78, 5) is 0. The van der Waals surface area contributed by atoms with Gasteiger partial charge in [0.15, 0.2) is 0 Å². The molecule has 0 unspecified atom stereocenters. The Hall–Kier alpha value is -1.75. The van der Waals surface area contributed by atoms with Gasteiger partial charge in [-0.05, 0) is 45.4 Å². The van der Waals surface area contributed by atoms with Gasteiger partial charge in [-0.2, -0.15) is 0 Å². The van der Waals surface area contributed by atoms with Crippen molar-refractivity contribution in [2.45, 2.75) is 39.8 Å². The minimum Gasteiger partial charge on any atom is -0.306 e. The Morgan fingerprint density at radius 1 is 1.32 bits per heavy atom. The van der Waals surface area contributed by atoms with Crippen molar-refractivity contribution < 1.29 is 4.39 Å². The molecule has 0 spiro atoms. The lowest BCUT2D eigenvalue weighted by atomic mass is 10.1. The number of nitrogens with zero attached hydrogens (tertiary/aromatic N) is 3. The molecule has 0 aliphatic carbocycles. The average molecular weight is 262 g/mol. The Kier molecular flexibility index (Phi) is 3.66. The predicted molar refractivity (Wildman–Crippen MR) is 72.6 cm³/mol. The van der Waals surface area contributed by atoms with E-state index in [-0.39, 0.29) is 11.4 Å². The van der Waals surface area contributed by atoms with Crippen LogP contribution < -0.4 is 5.32 Å². The number of aryl methyl sites for hydroxylation is 1. The summed E-state index contributed by atoms with van der Waals surface area (Å²) >= 11 is 0. The van der Waals surface area contributed by atoms with Gasteiger partial charge in [0.1, 0.15) is 5.82 Å². The summed E-state index contributed by atoms with van der Waals surface area (Å²) in [5.74, 6) is -0.234. The summed E-state index contributed by atoms with van der Waals surface area (Å²) in [6, 6.07) is 5.03. The van der Waals surface area contributed by atoms with Crippen LogP contribution in [0, 0.1) is 12.7 Å². The first-order valence-electron chi connectivity index (χ1n) is 6.28. The molecule has 2 aromatic rings. The molecule has 4 nitrogen and oxygen atoms in total. The monoisotopic (exact) mass is 262 g/mol. The maximum Gasteiger partial charge on any atom is 0.128 e. The van der Waals surface area contributed by atoms with E-state index in [1.165, 1.54) is 6.07 Å². The van der Waals surface area contributed by atoms with Gasteiger partial charge in [0.25, 0.3) is 0 Å². The highest BCUT2D eigenvalue weighted by Gasteiger charge is 2.10. The molecule has 5 heteroatoms. The van der Waals surface area contributed by atoms with Gasteiger partial charge in [-0.1, -0.05) is 11.3 Å². The molecule has 2 rings (SSSR count). The third kappa shape index (κ3) is 3.61. The van der Waals surface area contributed by atoms with Crippen molar-refractivity contribution in [3.05, 3.63) is 41.5 Å². The van der Waals surface area contributed by atoms with E-state index < -0.39 is 0 Å². The summed E-state index contributed by atoms with van der Waals surface area (Å²) in [5, 5.41) is 11.4. The highest BCUT2D eigenvalue weighted by Crippen LogP contribution is 2.13. The summed E-state index contributed by atoms with van der Waals surface area (Å²) in [7, 11) is 0. The molecule has 0 fully saturated rings. The zero-order valence-electron chi connectivity index (χ0n) is 11.7. The molecule has 19 heavy (non-hydrogen) atoms. The fourth-order valence-electron chi connectivity index (χ4n) is 1.59. The number of aromatic nitrogens is 3. The Morgan fingerprint density at radius 2 is 2.05 bits per heavy atom. The van der Waals surface area contributed by atoms with Crippen molar-refractivity contribution in [1.29, 1.82) is 0 Å².